The van der Waals surface area contributed by atoms with E-state index in [9.17, 15) is 5.11 Å². The molecule has 1 aliphatic carbocycles. The maximum atomic E-state index is 10.5. The molecule has 0 radical (unpaired) electrons. The molecule has 0 bridgehead atoms. The van der Waals surface area contributed by atoms with Crippen molar-refractivity contribution in [3.63, 3.8) is 0 Å². The van der Waals surface area contributed by atoms with E-state index in [2.05, 4.69) is 19.2 Å². The Morgan fingerprint density at radius 1 is 1.29 bits per heavy atom. The van der Waals surface area contributed by atoms with Crippen molar-refractivity contribution >= 4 is 11.6 Å². The molecule has 1 fully saturated rings. The van der Waals surface area contributed by atoms with Crippen molar-refractivity contribution in [1.82, 2.24) is 5.32 Å². The van der Waals surface area contributed by atoms with Crippen LogP contribution in [0.25, 0.3) is 0 Å². The molecular formula is C17H26ClNO2. The highest BCUT2D eigenvalue weighted by molar-refractivity contribution is 6.30. The number of aliphatic hydroxyl groups is 1. The van der Waals surface area contributed by atoms with Crippen LogP contribution in [0, 0.1) is 5.92 Å². The fourth-order valence-electron chi connectivity index (χ4n) is 2.74. The average molecular weight is 312 g/mol. The number of hydrogen-bond acceptors (Lipinski definition) is 3. The number of aliphatic hydroxyl groups excluding tert-OH is 1. The van der Waals surface area contributed by atoms with Gasteiger partial charge in [0.15, 0.2) is 0 Å². The lowest BCUT2D eigenvalue weighted by molar-refractivity contribution is -0.0154. The van der Waals surface area contributed by atoms with Crippen LogP contribution in [0.2, 0.25) is 5.02 Å². The van der Waals surface area contributed by atoms with Gasteiger partial charge in [0.25, 0.3) is 0 Å². The Hall–Kier alpha value is -0.770. The van der Waals surface area contributed by atoms with Gasteiger partial charge in [0, 0.05) is 11.1 Å². The van der Waals surface area contributed by atoms with Crippen LogP contribution in [-0.2, 0) is 0 Å². The third-order valence-corrected chi connectivity index (χ3v) is 4.28. The average Bonchev–Trinajstić information content (AvgIpc) is 2.45. The lowest BCUT2D eigenvalue weighted by atomic mass is 9.89. The molecule has 0 amide bonds. The molecular weight excluding hydrogens is 286 g/mol. The Morgan fingerprint density at radius 2 is 2.00 bits per heavy atom. The fraction of sp³-hybridized carbons (Fsp3) is 0.647. The monoisotopic (exact) mass is 311 g/mol. The SMILES string of the molecule is CC(C)CCNC1CCCC(Oc2ccc(Cl)cc2)C1O. The van der Waals surface area contributed by atoms with E-state index in [0.29, 0.717) is 10.9 Å². The van der Waals surface area contributed by atoms with Crippen molar-refractivity contribution in [2.24, 2.45) is 5.92 Å². The fourth-order valence-corrected chi connectivity index (χ4v) is 2.86. The molecule has 1 saturated carbocycles. The molecule has 1 aromatic carbocycles. The molecule has 0 aromatic heterocycles. The third-order valence-electron chi connectivity index (χ3n) is 4.03. The molecule has 21 heavy (non-hydrogen) atoms. The van der Waals surface area contributed by atoms with Gasteiger partial charge in [0.1, 0.15) is 18.0 Å². The first-order chi connectivity index (χ1) is 10.1. The second kappa shape index (κ2) is 8.02. The van der Waals surface area contributed by atoms with Gasteiger partial charge in [-0.25, -0.2) is 0 Å². The number of halogens is 1. The predicted octanol–water partition coefficient (Wildman–Crippen LogP) is 3.64. The van der Waals surface area contributed by atoms with Gasteiger partial charge in [-0.3, -0.25) is 0 Å². The molecule has 3 unspecified atom stereocenters. The summed E-state index contributed by atoms with van der Waals surface area (Å²) in [6, 6.07) is 7.46. The van der Waals surface area contributed by atoms with Crippen LogP contribution in [0.15, 0.2) is 24.3 Å². The molecule has 1 aliphatic rings. The molecule has 1 aromatic rings. The topological polar surface area (TPSA) is 41.5 Å². The number of ether oxygens (including phenoxy) is 1. The van der Waals surface area contributed by atoms with Gasteiger partial charge in [-0.2, -0.15) is 0 Å². The standard InChI is InChI=1S/C17H26ClNO2/c1-12(2)10-11-19-15-4-3-5-16(17(15)20)21-14-8-6-13(18)7-9-14/h6-9,12,15-17,19-20H,3-5,10-11H2,1-2H3. The summed E-state index contributed by atoms with van der Waals surface area (Å²) in [5.74, 6) is 1.45. The first kappa shape index (κ1) is 16.6. The van der Waals surface area contributed by atoms with Gasteiger partial charge >= 0.3 is 0 Å². The maximum Gasteiger partial charge on any atom is 0.126 e. The Morgan fingerprint density at radius 3 is 2.67 bits per heavy atom. The van der Waals surface area contributed by atoms with Gasteiger partial charge in [0.05, 0.1) is 0 Å². The first-order valence-corrected chi connectivity index (χ1v) is 8.27. The molecule has 0 saturated heterocycles. The van der Waals surface area contributed by atoms with E-state index in [1.165, 1.54) is 0 Å². The number of nitrogens with one attached hydrogen (secondary N) is 1. The van der Waals surface area contributed by atoms with E-state index < -0.39 is 6.10 Å². The normalized spacial score (nSPS) is 26.0. The molecule has 0 aliphatic heterocycles. The molecule has 2 rings (SSSR count). The highest BCUT2D eigenvalue weighted by atomic mass is 35.5. The van der Waals surface area contributed by atoms with Crippen molar-refractivity contribution in [2.45, 2.75) is 57.8 Å². The summed E-state index contributed by atoms with van der Waals surface area (Å²) >= 11 is 5.87. The van der Waals surface area contributed by atoms with Crippen LogP contribution in [-0.4, -0.2) is 29.9 Å². The Bertz CT molecular complexity index is 421. The van der Waals surface area contributed by atoms with E-state index in [-0.39, 0.29) is 12.1 Å². The van der Waals surface area contributed by atoms with Crippen LogP contribution in [0.1, 0.15) is 39.5 Å². The van der Waals surface area contributed by atoms with Gasteiger partial charge in [-0.15, -0.1) is 0 Å². The van der Waals surface area contributed by atoms with Crippen molar-refractivity contribution < 1.29 is 9.84 Å². The van der Waals surface area contributed by atoms with E-state index in [1.54, 1.807) is 0 Å². The smallest absolute Gasteiger partial charge is 0.126 e. The largest absolute Gasteiger partial charge is 0.488 e. The number of hydrogen-bond donors (Lipinski definition) is 2. The lowest BCUT2D eigenvalue weighted by Crippen LogP contribution is -2.51. The molecule has 2 N–H and O–H groups in total. The van der Waals surface area contributed by atoms with Crippen LogP contribution in [0.3, 0.4) is 0 Å². The van der Waals surface area contributed by atoms with Gasteiger partial charge in [-0.1, -0.05) is 25.4 Å². The first-order valence-electron chi connectivity index (χ1n) is 7.90. The Labute approximate surface area is 132 Å². The summed E-state index contributed by atoms with van der Waals surface area (Å²) in [7, 11) is 0. The van der Waals surface area contributed by atoms with Crippen LogP contribution in [0.5, 0.6) is 5.75 Å². The predicted molar refractivity (Wildman–Crippen MR) is 87.0 cm³/mol. The maximum absolute atomic E-state index is 10.5. The highest BCUT2D eigenvalue weighted by Gasteiger charge is 2.32. The minimum Gasteiger partial charge on any atom is -0.488 e. The molecule has 118 valence electrons. The van der Waals surface area contributed by atoms with Crippen molar-refractivity contribution in [3.8, 4) is 5.75 Å². The van der Waals surface area contributed by atoms with Crippen molar-refractivity contribution in [2.75, 3.05) is 6.54 Å². The molecule has 4 heteroatoms. The van der Waals surface area contributed by atoms with Gasteiger partial charge < -0.3 is 15.2 Å². The zero-order valence-electron chi connectivity index (χ0n) is 12.9. The van der Waals surface area contributed by atoms with Crippen molar-refractivity contribution in [3.05, 3.63) is 29.3 Å². The van der Waals surface area contributed by atoms with Crippen molar-refractivity contribution in [1.29, 1.82) is 0 Å². The van der Waals surface area contributed by atoms with Crippen LogP contribution < -0.4 is 10.1 Å². The van der Waals surface area contributed by atoms with E-state index in [1.807, 2.05) is 24.3 Å². The highest BCUT2D eigenvalue weighted by Crippen LogP contribution is 2.25. The summed E-state index contributed by atoms with van der Waals surface area (Å²) in [5, 5.41) is 14.7. The zero-order valence-corrected chi connectivity index (χ0v) is 13.6. The second-order valence-electron chi connectivity index (χ2n) is 6.27. The second-order valence-corrected chi connectivity index (χ2v) is 6.71. The Kier molecular flexibility index (Phi) is 6.34. The molecule has 3 nitrogen and oxygen atoms in total. The summed E-state index contributed by atoms with van der Waals surface area (Å²) in [6.45, 7) is 5.38. The minimum atomic E-state index is -0.457. The van der Waals surface area contributed by atoms with Gasteiger partial charge in [-0.05, 0) is 62.4 Å². The van der Waals surface area contributed by atoms with Gasteiger partial charge in [0.2, 0.25) is 0 Å². The van der Waals surface area contributed by atoms with Crippen LogP contribution in [0.4, 0.5) is 0 Å². The number of benzene rings is 1. The molecule has 0 heterocycles. The third kappa shape index (κ3) is 5.17. The van der Waals surface area contributed by atoms with E-state index in [0.717, 1.165) is 38.0 Å². The quantitative estimate of drug-likeness (QED) is 0.843. The zero-order chi connectivity index (χ0) is 15.2. The summed E-state index contributed by atoms with van der Waals surface area (Å²) in [4.78, 5) is 0. The summed E-state index contributed by atoms with van der Waals surface area (Å²) < 4.78 is 5.93. The lowest BCUT2D eigenvalue weighted by Gasteiger charge is -2.35. The molecule has 3 atom stereocenters. The summed E-state index contributed by atoms with van der Waals surface area (Å²) in [6.07, 6.45) is 3.52. The summed E-state index contributed by atoms with van der Waals surface area (Å²) in [5.41, 5.74) is 0. The number of rotatable bonds is 6. The van der Waals surface area contributed by atoms with E-state index >= 15 is 0 Å². The molecule has 0 spiro atoms. The Balaban J connectivity index is 1.86. The van der Waals surface area contributed by atoms with Crippen LogP contribution >= 0.6 is 11.6 Å². The van der Waals surface area contributed by atoms with E-state index in [4.69, 9.17) is 16.3 Å². The minimum absolute atomic E-state index is 0.134.